The molecule has 1 saturated heterocycles. The summed E-state index contributed by atoms with van der Waals surface area (Å²) in [4.78, 5) is 25.4. The summed E-state index contributed by atoms with van der Waals surface area (Å²) in [5.74, 6) is 1.21. The molecule has 0 saturated carbocycles. The van der Waals surface area contributed by atoms with Crippen LogP contribution in [0.15, 0.2) is 24.3 Å². The zero-order valence-electron chi connectivity index (χ0n) is 18.0. The molecule has 5 N–H and O–H groups in total. The Morgan fingerprint density at radius 2 is 2.12 bits per heavy atom. The molecular formula is C22H26N6O3S. The lowest BCUT2D eigenvalue weighted by atomic mass is 10.1. The molecule has 0 radical (unpaired) electrons. The van der Waals surface area contributed by atoms with Crippen molar-refractivity contribution in [1.29, 1.82) is 0 Å². The minimum Gasteiger partial charge on any atom is -0.475 e. The minimum atomic E-state index is -0.207. The number of hydrogen-bond acceptors (Lipinski definition) is 9. The number of methoxy groups -OCH3 is 1. The van der Waals surface area contributed by atoms with Crippen molar-refractivity contribution in [3.8, 4) is 5.88 Å². The number of nitrogens with zero attached hydrogens (tertiary/aromatic N) is 3. The number of rotatable bonds is 4. The highest BCUT2D eigenvalue weighted by atomic mass is 32.1. The normalized spacial score (nSPS) is 22.6. The summed E-state index contributed by atoms with van der Waals surface area (Å²) in [5, 5.41) is 3.86. The number of aryl methyl sites for hydroxylation is 1. The Morgan fingerprint density at radius 1 is 1.28 bits per heavy atom. The lowest BCUT2D eigenvalue weighted by Crippen LogP contribution is -2.43. The van der Waals surface area contributed by atoms with Gasteiger partial charge in [-0.3, -0.25) is 4.79 Å². The summed E-state index contributed by atoms with van der Waals surface area (Å²) in [7, 11) is 1.68. The van der Waals surface area contributed by atoms with E-state index < -0.39 is 0 Å². The smallest absolute Gasteiger partial charge is 0.263 e. The first kappa shape index (κ1) is 20.9. The second-order valence-electron chi connectivity index (χ2n) is 8.31. The fraction of sp³-hybridized carbons (Fsp3) is 0.409. The molecule has 3 atom stereocenters. The Hall–Kier alpha value is -2.95. The van der Waals surface area contributed by atoms with Crippen molar-refractivity contribution in [2.45, 2.75) is 31.5 Å². The molecular weight excluding hydrogens is 428 g/mol. The van der Waals surface area contributed by atoms with Crippen LogP contribution in [0, 0.1) is 6.92 Å². The van der Waals surface area contributed by atoms with Gasteiger partial charge in [0.2, 0.25) is 5.88 Å². The molecule has 0 aromatic carbocycles. The lowest BCUT2D eigenvalue weighted by molar-refractivity contribution is 0.0918. The molecule has 32 heavy (non-hydrogen) atoms. The number of carbonyl (C=O) groups excluding carboxylic acids is 1. The van der Waals surface area contributed by atoms with E-state index in [1.54, 1.807) is 7.11 Å². The molecule has 0 unspecified atom stereocenters. The van der Waals surface area contributed by atoms with Gasteiger partial charge in [-0.05, 0) is 31.2 Å². The molecule has 3 aromatic heterocycles. The topological polar surface area (TPSA) is 129 Å². The zero-order chi connectivity index (χ0) is 22.4. The maximum absolute atomic E-state index is 12.9. The van der Waals surface area contributed by atoms with Crippen LogP contribution in [0.5, 0.6) is 5.88 Å². The number of ether oxygens (including phenoxy) is 2. The second-order valence-corrected chi connectivity index (χ2v) is 9.31. The average molecular weight is 455 g/mol. The van der Waals surface area contributed by atoms with Crippen LogP contribution in [-0.2, 0) is 11.2 Å². The number of thiophene rings is 1. The van der Waals surface area contributed by atoms with Gasteiger partial charge >= 0.3 is 0 Å². The molecule has 0 spiro atoms. The van der Waals surface area contributed by atoms with Crippen LogP contribution >= 0.6 is 11.3 Å². The Morgan fingerprint density at radius 3 is 2.91 bits per heavy atom. The van der Waals surface area contributed by atoms with E-state index in [1.807, 2.05) is 31.2 Å². The third kappa shape index (κ3) is 3.74. The monoisotopic (exact) mass is 454 g/mol. The Balaban J connectivity index is 1.28. The van der Waals surface area contributed by atoms with Crippen LogP contribution in [0.1, 0.15) is 20.9 Å². The first-order valence-corrected chi connectivity index (χ1v) is 11.4. The highest BCUT2D eigenvalue weighted by Gasteiger charge is 2.32. The third-order valence-corrected chi connectivity index (χ3v) is 7.14. The van der Waals surface area contributed by atoms with Crippen molar-refractivity contribution in [3.63, 3.8) is 0 Å². The van der Waals surface area contributed by atoms with E-state index in [-0.39, 0.29) is 24.1 Å². The molecule has 10 heteroatoms. The second kappa shape index (κ2) is 8.19. The quantitative estimate of drug-likeness (QED) is 0.541. The van der Waals surface area contributed by atoms with Crippen molar-refractivity contribution in [3.05, 3.63) is 40.4 Å². The van der Waals surface area contributed by atoms with Gasteiger partial charge < -0.3 is 31.2 Å². The zero-order valence-corrected chi connectivity index (χ0v) is 18.8. The Bertz CT molecular complexity index is 1180. The summed E-state index contributed by atoms with van der Waals surface area (Å²) in [6, 6.07) is 7.56. The number of anilines is 2. The molecule has 5 rings (SSSR count). The number of carbonyl (C=O) groups is 1. The molecule has 3 aromatic rings. The molecule has 5 heterocycles. The first-order valence-electron chi connectivity index (χ1n) is 10.6. The van der Waals surface area contributed by atoms with Crippen molar-refractivity contribution < 1.29 is 14.3 Å². The molecule has 0 bridgehead atoms. The van der Waals surface area contributed by atoms with Crippen molar-refractivity contribution in [2.75, 3.05) is 37.4 Å². The van der Waals surface area contributed by atoms with Crippen LogP contribution in [0.2, 0.25) is 0 Å². The predicted octanol–water partition coefficient (Wildman–Crippen LogP) is 1.48. The van der Waals surface area contributed by atoms with Crippen LogP contribution in [0.25, 0.3) is 10.2 Å². The molecule has 1 amide bonds. The van der Waals surface area contributed by atoms with E-state index in [9.17, 15) is 4.79 Å². The van der Waals surface area contributed by atoms with Gasteiger partial charge in [-0.25, -0.2) is 4.98 Å². The van der Waals surface area contributed by atoms with Crippen molar-refractivity contribution >= 4 is 39.0 Å². The molecule has 1 fully saturated rings. The van der Waals surface area contributed by atoms with E-state index in [0.717, 1.165) is 27.3 Å². The lowest BCUT2D eigenvalue weighted by Gasteiger charge is -2.26. The Kier molecular flexibility index (Phi) is 5.36. The third-order valence-electron chi connectivity index (χ3n) is 6.02. The summed E-state index contributed by atoms with van der Waals surface area (Å²) in [6.45, 7) is 3.65. The minimum absolute atomic E-state index is 0.00575. The van der Waals surface area contributed by atoms with E-state index in [4.69, 9.17) is 20.9 Å². The van der Waals surface area contributed by atoms with E-state index in [0.29, 0.717) is 42.6 Å². The predicted molar refractivity (Wildman–Crippen MR) is 124 cm³/mol. The Labute approximate surface area is 189 Å². The number of nitrogens with two attached hydrogens (primary N) is 2. The summed E-state index contributed by atoms with van der Waals surface area (Å²) in [5.41, 5.74) is 14.7. The van der Waals surface area contributed by atoms with Crippen LogP contribution in [0.4, 0.5) is 11.5 Å². The van der Waals surface area contributed by atoms with Gasteiger partial charge in [-0.2, -0.15) is 4.98 Å². The van der Waals surface area contributed by atoms with Crippen LogP contribution < -0.4 is 26.4 Å². The van der Waals surface area contributed by atoms with E-state index >= 15 is 0 Å². The van der Waals surface area contributed by atoms with E-state index in [1.165, 1.54) is 11.3 Å². The largest absolute Gasteiger partial charge is 0.475 e. The maximum Gasteiger partial charge on any atom is 0.263 e. The number of nitrogens with one attached hydrogen (secondary N) is 1. The van der Waals surface area contributed by atoms with Crippen LogP contribution in [-0.4, -0.2) is 60.9 Å². The van der Waals surface area contributed by atoms with Gasteiger partial charge in [0.15, 0.2) is 0 Å². The van der Waals surface area contributed by atoms with Crippen molar-refractivity contribution in [2.24, 2.45) is 5.73 Å². The molecule has 168 valence electrons. The van der Waals surface area contributed by atoms with Gasteiger partial charge in [-0.1, -0.05) is 0 Å². The molecule has 2 aliphatic rings. The van der Waals surface area contributed by atoms with Gasteiger partial charge in [0, 0.05) is 43.3 Å². The number of nitrogen functional groups attached to an aromatic ring is 1. The number of pyridine rings is 2. The number of fused-ring (bicyclic) bond motifs is 2. The number of aromatic nitrogens is 2. The van der Waals surface area contributed by atoms with E-state index in [2.05, 4.69) is 20.2 Å². The number of hydrogen-bond donors (Lipinski definition) is 3. The van der Waals surface area contributed by atoms with Gasteiger partial charge in [0.05, 0.1) is 23.9 Å². The van der Waals surface area contributed by atoms with Gasteiger partial charge in [0.25, 0.3) is 5.91 Å². The molecule has 0 aliphatic carbocycles. The van der Waals surface area contributed by atoms with Gasteiger partial charge in [-0.15, -0.1) is 11.3 Å². The highest BCUT2D eigenvalue weighted by molar-refractivity contribution is 7.21. The van der Waals surface area contributed by atoms with Crippen LogP contribution in [0.3, 0.4) is 0 Å². The summed E-state index contributed by atoms with van der Waals surface area (Å²) < 4.78 is 11.3. The molecule has 9 nitrogen and oxygen atoms in total. The fourth-order valence-electron chi connectivity index (χ4n) is 4.26. The van der Waals surface area contributed by atoms with Crippen molar-refractivity contribution in [1.82, 2.24) is 15.3 Å². The highest BCUT2D eigenvalue weighted by Crippen LogP contribution is 2.33. The first-order chi connectivity index (χ1) is 15.4. The van der Waals surface area contributed by atoms with Gasteiger partial charge in [0.1, 0.15) is 22.1 Å². The number of amides is 1. The summed E-state index contributed by atoms with van der Waals surface area (Å²) >= 11 is 1.31. The fourth-order valence-corrected chi connectivity index (χ4v) is 5.30. The standard InChI is InChI=1S/C22H26N6O3S/c1-11-3-5-14-18(24)19(32-22(14)25-11)20(29)26-13-7-12-4-6-17(27-21(12)31-10-13)28-8-15(23)16(9-28)30-2/h3-6,13,15-16H,7-10,23-24H2,1-2H3,(H,26,29)/t13-,15+,16+/m1/s1. The SMILES string of the molecule is CO[C@H]1CN(c2ccc3c(n2)OC[C@H](NC(=O)c2sc4nc(C)ccc4c2N)C3)C[C@@H]1N. The average Bonchev–Trinajstić information content (AvgIpc) is 3.32. The maximum atomic E-state index is 12.9. The molecule has 2 aliphatic heterocycles. The summed E-state index contributed by atoms with van der Waals surface area (Å²) in [6.07, 6.45) is 0.630.